The van der Waals surface area contributed by atoms with Gasteiger partial charge in [0.1, 0.15) is 21.8 Å². The molecule has 3 rings (SSSR count). The highest BCUT2D eigenvalue weighted by Gasteiger charge is 2.33. The fourth-order valence-corrected chi connectivity index (χ4v) is 5.38. The summed E-state index contributed by atoms with van der Waals surface area (Å²) in [6, 6.07) is 2.05. The molecule has 176 valence electrons. The van der Waals surface area contributed by atoms with E-state index in [4.69, 9.17) is 17.0 Å². The van der Waals surface area contributed by atoms with E-state index in [-0.39, 0.29) is 28.9 Å². The molecule has 2 saturated heterocycles. The molecule has 33 heavy (non-hydrogen) atoms. The van der Waals surface area contributed by atoms with Crippen LogP contribution in [0.5, 0.6) is 0 Å². The number of anilines is 1. The van der Waals surface area contributed by atoms with Crippen LogP contribution < -0.4 is 10.5 Å². The minimum atomic E-state index is -0.356. The minimum absolute atomic E-state index is 0.0596. The van der Waals surface area contributed by atoms with Crippen LogP contribution in [0.2, 0.25) is 0 Å². The van der Waals surface area contributed by atoms with Crippen molar-refractivity contribution in [1.29, 1.82) is 5.26 Å². The van der Waals surface area contributed by atoms with Crippen LogP contribution in [0.15, 0.2) is 9.70 Å². The van der Waals surface area contributed by atoms with Crippen LogP contribution in [0.3, 0.4) is 0 Å². The van der Waals surface area contributed by atoms with Crippen molar-refractivity contribution in [2.45, 2.75) is 46.6 Å². The number of ether oxygens (including phenoxy) is 1. The van der Waals surface area contributed by atoms with Crippen LogP contribution in [0.25, 0.3) is 6.08 Å². The molecular weight excluding hydrogens is 460 g/mol. The van der Waals surface area contributed by atoms with Crippen molar-refractivity contribution >= 4 is 52.1 Å². The molecule has 1 aromatic heterocycles. The second-order valence-corrected chi connectivity index (χ2v) is 9.76. The summed E-state index contributed by atoms with van der Waals surface area (Å²) in [4.78, 5) is 42.3. The molecule has 0 aliphatic carbocycles. The zero-order valence-corrected chi connectivity index (χ0v) is 21.0. The van der Waals surface area contributed by atoms with Gasteiger partial charge in [0.2, 0.25) is 0 Å². The number of carbonyl (C=O) groups excluding carboxylic acids is 2. The third-order valence-corrected chi connectivity index (χ3v) is 7.38. The smallest absolute Gasteiger partial charge is 0.310 e. The van der Waals surface area contributed by atoms with E-state index in [1.54, 1.807) is 31.5 Å². The molecule has 1 atom stereocenters. The molecule has 1 amide bonds. The zero-order chi connectivity index (χ0) is 24.3. The van der Waals surface area contributed by atoms with Crippen molar-refractivity contribution in [3.8, 4) is 6.07 Å². The Morgan fingerprint density at radius 3 is 2.67 bits per heavy atom. The molecule has 0 spiro atoms. The summed E-state index contributed by atoms with van der Waals surface area (Å²) in [5.41, 5.74) is 0.859. The molecule has 2 fully saturated rings. The molecule has 0 radical (unpaired) electrons. The number of nitrogens with zero attached hydrogens (tertiary/aromatic N) is 4. The largest absolute Gasteiger partial charge is 0.466 e. The van der Waals surface area contributed by atoms with Crippen LogP contribution >= 0.6 is 24.0 Å². The summed E-state index contributed by atoms with van der Waals surface area (Å²) in [7, 11) is 1.62. The normalized spacial score (nSPS) is 19.8. The highest BCUT2D eigenvalue weighted by Crippen LogP contribution is 2.36. The number of amides is 1. The number of rotatable bonds is 6. The second kappa shape index (κ2) is 10.5. The lowest BCUT2D eigenvalue weighted by Crippen LogP contribution is -2.43. The summed E-state index contributed by atoms with van der Waals surface area (Å²) in [5.74, 6) is -0.134. The van der Waals surface area contributed by atoms with Crippen molar-refractivity contribution in [1.82, 2.24) is 9.47 Å². The molecule has 3 heterocycles. The maximum Gasteiger partial charge on any atom is 0.310 e. The van der Waals surface area contributed by atoms with Gasteiger partial charge in [-0.05, 0) is 44.7 Å². The fourth-order valence-electron chi connectivity index (χ4n) is 4.21. The summed E-state index contributed by atoms with van der Waals surface area (Å²) in [6.45, 7) is 7.26. The van der Waals surface area contributed by atoms with Crippen LogP contribution in [0, 0.1) is 24.2 Å². The maximum atomic E-state index is 13.3. The quantitative estimate of drug-likeness (QED) is 0.343. The van der Waals surface area contributed by atoms with Gasteiger partial charge in [0.25, 0.3) is 11.5 Å². The molecule has 2 aliphatic rings. The number of esters is 1. The minimum Gasteiger partial charge on any atom is -0.466 e. The summed E-state index contributed by atoms with van der Waals surface area (Å²) in [5, 5.41) is 9.73. The summed E-state index contributed by atoms with van der Waals surface area (Å²) in [6.07, 6.45) is 3.90. The lowest BCUT2D eigenvalue weighted by molar-refractivity contribution is -0.148. The number of pyridine rings is 1. The fraction of sp³-hybridized carbons (Fsp3) is 0.522. The van der Waals surface area contributed by atoms with E-state index in [9.17, 15) is 19.6 Å². The standard InChI is InChI=1S/C23H28N4O4S2/c1-5-9-27-19(26-10-7-8-15(13-26)22(30)31-6-2)16(14(3)17(12-24)20(27)28)11-18-21(29)25(4)23(32)33-18/h11,15H,5-10,13H2,1-4H3/b18-11-. The average Bonchev–Trinajstić information content (AvgIpc) is 3.04. The van der Waals surface area contributed by atoms with Crippen LogP contribution in [-0.4, -0.2) is 52.4 Å². The first-order valence-electron chi connectivity index (χ1n) is 11.1. The highest BCUT2D eigenvalue weighted by molar-refractivity contribution is 8.26. The zero-order valence-electron chi connectivity index (χ0n) is 19.3. The maximum absolute atomic E-state index is 13.3. The van der Waals surface area contributed by atoms with Gasteiger partial charge in [-0.2, -0.15) is 5.26 Å². The van der Waals surface area contributed by atoms with Crippen molar-refractivity contribution in [3.05, 3.63) is 31.9 Å². The Kier molecular flexibility index (Phi) is 7.97. The van der Waals surface area contributed by atoms with Gasteiger partial charge in [-0.15, -0.1) is 0 Å². The third-order valence-electron chi connectivity index (χ3n) is 5.90. The van der Waals surface area contributed by atoms with Gasteiger partial charge < -0.3 is 9.64 Å². The van der Waals surface area contributed by atoms with Gasteiger partial charge in [0.05, 0.1) is 17.4 Å². The number of carbonyl (C=O) groups is 2. The molecule has 1 unspecified atom stereocenters. The van der Waals surface area contributed by atoms with Crippen molar-refractivity contribution < 1.29 is 14.3 Å². The number of thiocarbonyl (C=S) groups is 1. The Hall–Kier alpha value is -2.64. The van der Waals surface area contributed by atoms with E-state index in [0.29, 0.717) is 65.3 Å². The molecule has 0 N–H and O–H groups in total. The Labute approximate surface area is 203 Å². The van der Waals surface area contributed by atoms with Crippen LogP contribution in [0.1, 0.15) is 49.8 Å². The van der Waals surface area contributed by atoms with E-state index in [1.165, 1.54) is 16.7 Å². The Bertz CT molecular complexity index is 1120. The highest BCUT2D eigenvalue weighted by atomic mass is 32.2. The average molecular weight is 489 g/mol. The molecular formula is C23H28N4O4S2. The molecule has 8 nitrogen and oxygen atoms in total. The second-order valence-electron chi connectivity index (χ2n) is 8.08. The Balaban J connectivity index is 2.22. The first-order valence-corrected chi connectivity index (χ1v) is 12.3. The van der Waals surface area contributed by atoms with Gasteiger partial charge in [-0.1, -0.05) is 30.9 Å². The topological polar surface area (TPSA) is 95.6 Å². The lowest BCUT2D eigenvalue weighted by atomic mass is 9.96. The van der Waals surface area contributed by atoms with E-state index < -0.39 is 0 Å². The van der Waals surface area contributed by atoms with Crippen molar-refractivity contribution in [3.63, 3.8) is 0 Å². The van der Waals surface area contributed by atoms with E-state index in [1.807, 2.05) is 17.9 Å². The lowest BCUT2D eigenvalue weighted by Gasteiger charge is -2.36. The molecule has 10 heteroatoms. The summed E-state index contributed by atoms with van der Waals surface area (Å²) >= 11 is 6.46. The van der Waals surface area contributed by atoms with Crippen molar-refractivity contribution in [2.24, 2.45) is 5.92 Å². The van der Waals surface area contributed by atoms with Gasteiger partial charge in [0.15, 0.2) is 0 Å². The first-order chi connectivity index (χ1) is 15.7. The van der Waals surface area contributed by atoms with Gasteiger partial charge in [-0.3, -0.25) is 23.9 Å². The van der Waals surface area contributed by atoms with Crippen molar-refractivity contribution in [2.75, 3.05) is 31.6 Å². The molecule has 2 aliphatic heterocycles. The van der Waals surface area contributed by atoms with Gasteiger partial charge in [0, 0.05) is 32.2 Å². The van der Waals surface area contributed by atoms with Gasteiger partial charge >= 0.3 is 5.97 Å². The number of aromatic nitrogens is 1. The molecule has 0 bridgehead atoms. The number of likely N-dealkylation sites (N-methyl/N-ethyl adjacent to an activating group) is 1. The van der Waals surface area contributed by atoms with E-state index in [2.05, 4.69) is 0 Å². The number of hydrogen-bond donors (Lipinski definition) is 0. The predicted octanol–water partition coefficient (Wildman–Crippen LogP) is 3.05. The molecule has 1 aromatic rings. The van der Waals surface area contributed by atoms with E-state index in [0.717, 1.165) is 6.42 Å². The SMILES string of the molecule is CCCn1c(N2CCCC(C(=O)OCC)C2)c(/C=C2\SC(=S)N(C)C2=O)c(C)c(C#N)c1=O. The van der Waals surface area contributed by atoms with Crippen LogP contribution in [-0.2, 0) is 20.9 Å². The summed E-state index contributed by atoms with van der Waals surface area (Å²) < 4.78 is 7.31. The Morgan fingerprint density at radius 2 is 2.09 bits per heavy atom. The molecule has 0 aromatic carbocycles. The predicted molar refractivity (Wildman–Crippen MR) is 133 cm³/mol. The number of thioether (sulfide) groups is 1. The first kappa shape index (κ1) is 25.0. The molecule has 0 saturated carbocycles. The monoisotopic (exact) mass is 488 g/mol. The number of hydrogen-bond acceptors (Lipinski definition) is 8. The van der Waals surface area contributed by atoms with Crippen LogP contribution in [0.4, 0.5) is 5.82 Å². The number of nitriles is 1. The van der Waals surface area contributed by atoms with E-state index >= 15 is 0 Å². The third kappa shape index (κ3) is 4.84. The number of piperidine rings is 1. The Morgan fingerprint density at radius 1 is 1.36 bits per heavy atom. The van der Waals surface area contributed by atoms with Gasteiger partial charge in [-0.25, -0.2) is 0 Å².